The highest BCUT2D eigenvalue weighted by atomic mass is 16.6. The molecule has 0 aromatic carbocycles. The highest BCUT2D eigenvalue weighted by Crippen LogP contribution is 2.59. The van der Waals surface area contributed by atoms with Crippen molar-refractivity contribution in [3.63, 3.8) is 0 Å². The summed E-state index contributed by atoms with van der Waals surface area (Å²) in [5, 5.41) is 9.14. The van der Waals surface area contributed by atoms with E-state index in [0.717, 1.165) is 6.42 Å². The van der Waals surface area contributed by atoms with Crippen molar-refractivity contribution in [3.8, 4) is 0 Å². The van der Waals surface area contributed by atoms with E-state index in [1.54, 1.807) is 6.92 Å². The van der Waals surface area contributed by atoms with Gasteiger partial charge in [0.1, 0.15) is 0 Å². The van der Waals surface area contributed by atoms with Crippen LogP contribution < -0.4 is 0 Å². The van der Waals surface area contributed by atoms with Crippen molar-refractivity contribution in [1.29, 1.82) is 0 Å². The van der Waals surface area contributed by atoms with Crippen LogP contribution in [0.5, 0.6) is 0 Å². The lowest BCUT2D eigenvalue weighted by atomic mass is 9.92. The van der Waals surface area contributed by atoms with Gasteiger partial charge in [0.2, 0.25) is 0 Å². The predicted molar refractivity (Wildman–Crippen MR) is 51.6 cm³/mol. The molecule has 1 N–H and O–H groups in total. The number of hydrogen-bond donors (Lipinski definition) is 1. The van der Waals surface area contributed by atoms with Gasteiger partial charge in [-0.25, -0.2) is 9.59 Å². The van der Waals surface area contributed by atoms with Gasteiger partial charge < -0.3 is 14.6 Å². The van der Waals surface area contributed by atoms with Gasteiger partial charge in [-0.1, -0.05) is 0 Å². The minimum absolute atomic E-state index is 0.0364. The third kappa shape index (κ3) is 1.09. The van der Waals surface area contributed by atoms with E-state index in [0.29, 0.717) is 5.57 Å². The summed E-state index contributed by atoms with van der Waals surface area (Å²) in [6, 6.07) is 0. The molecule has 5 nitrogen and oxygen atoms in total. The molecular formula is C11H12O5. The average molecular weight is 224 g/mol. The van der Waals surface area contributed by atoms with Crippen LogP contribution in [-0.2, 0) is 19.1 Å². The van der Waals surface area contributed by atoms with Crippen molar-refractivity contribution in [1.82, 2.24) is 0 Å². The maximum Gasteiger partial charge on any atom is 0.334 e. The second-order valence-corrected chi connectivity index (χ2v) is 4.37. The number of carbonyl (C=O) groups is 2. The van der Waals surface area contributed by atoms with Gasteiger partial charge in [-0.3, -0.25) is 0 Å². The first-order valence-electron chi connectivity index (χ1n) is 5.45. The highest BCUT2D eigenvalue weighted by Gasteiger charge is 2.65. The molecule has 0 amide bonds. The molecule has 1 heterocycles. The van der Waals surface area contributed by atoms with Crippen LogP contribution in [0.2, 0.25) is 0 Å². The molecule has 3 aliphatic rings. The van der Waals surface area contributed by atoms with E-state index in [4.69, 9.17) is 14.6 Å². The molecule has 0 aromatic rings. The first-order chi connectivity index (χ1) is 7.65. The van der Waals surface area contributed by atoms with Crippen LogP contribution in [-0.4, -0.2) is 35.9 Å². The van der Waals surface area contributed by atoms with E-state index >= 15 is 0 Å². The summed E-state index contributed by atoms with van der Waals surface area (Å²) >= 11 is 0. The van der Waals surface area contributed by atoms with Crippen LogP contribution >= 0.6 is 0 Å². The molecule has 86 valence electrons. The van der Waals surface area contributed by atoms with Crippen molar-refractivity contribution in [2.24, 2.45) is 11.8 Å². The summed E-state index contributed by atoms with van der Waals surface area (Å²) in [5.41, 5.74) is 0.570. The van der Waals surface area contributed by atoms with Crippen LogP contribution in [0.1, 0.15) is 13.3 Å². The SMILES string of the molecule is CCOC(=O)C1=C(C(=O)O)[C@H]2C[C@@H]1[C@@H]1O[C@@H]12. The van der Waals surface area contributed by atoms with Gasteiger partial charge in [-0.2, -0.15) is 0 Å². The Morgan fingerprint density at radius 1 is 1.38 bits per heavy atom. The Morgan fingerprint density at radius 3 is 2.56 bits per heavy atom. The van der Waals surface area contributed by atoms with Crippen LogP contribution in [0, 0.1) is 11.8 Å². The van der Waals surface area contributed by atoms with E-state index in [1.807, 2.05) is 0 Å². The Labute approximate surface area is 92.0 Å². The van der Waals surface area contributed by atoms with Gasteiger partial charge in [0.15, 0.2) is 0 Å². The third-order valence-electron chi connectivity index (χ3n) is 3.62. The lowest BCUT2D eigenvalue weighted by Crippen LogP contribution is -2.23. The minimum Gasteiger partial charge on any atom is -0.478 e. The number of hydrogen-bond acceptors (Lipinski definition) is 4. The molecule has 5 heteroatoms. The molecule has 2 bridgehead atoms. The summed E-state index contributed by atoms with van der Waals surface area (Å²) in [7, 11) is 0. The number of carbonyl (C=O) groups excluding carboxylic acids is 1. The van der Waals surface area contributed by atoms with E-state index in [1.165, 1.54) is 0 Å². The van der Waals surface area contributed by atoms with E-state index in [2.05, 4.69) is 0 Å². The molecule has 0 spiro atoms. The summed E-state index contributed by atoms with van der Waals surface area (Å²) in [6.07, 6.45) is 0.826. The first-order valence-corrected chi connectivity index (χ1v) is 5.45. The second-order valence-electron chi connectivity index (χ2n) is 4.37. The van der Waals surface area contributed by atoms with Gasteiger partial charge in [-0.15, -0.1) is 0 Å². The maximum absolute atomic E-state index is 11.7. The Hall–Kier alpha value is -1.36. The fraction of sp³-hybridized carbons (Fsp3) is 0.636. The molecule has 2 fully saturated rings. The largest absolute Gasteiger partial charge is 0.478 e. The normalized spacial score (nSPS) is 38.6. The Balaban J connectivity index is 1.98. The molecule has 0 radical (unpaired) electrons. The van der Waals surface area contributed by atoms with Crippen molar-refractivity contribution >= 4 is 11.9 Å². The standard InChI is InChI=1S/C11H12O5/c1-2-15-11(14)7-5-3-4(6(7)10(12)13)8-9(5)16-8/h4-5,8-9H,2-3H2,1H3,(H,12,13)/t4-,5+,8-,9+/m1/s1. The number of fused-ring (bicyclic) bond motifs is 5. The van der Waals surface area contributed by atoms with E-state index < -0.39 is 11.9 Å². The predicted octanol–water partition coefficient (Wildman–Crippen LogP) is 0.348. The first kappa shape index (κ1) is 9.84. The van der Waals surface area contributed by atoms with E-state index in [-0.39, 0.29) is 36.2 Å². The molecule has 1 saturated carbocycles. The van der Waals surface area contributed by atoms with E-state index in [9.17, 15) is 9.59 Å². The van der Waals surface area contributed by atoms with Crippen LogP contribution in [0.4, 0.5) is 0 Å². The third-order valence-corrected chi connectivity index (χ3v) is 3.62. The Morgan fingerprint density at radius 2 is 2.00 bits per heavy atom. The summed E-state index contributed by atoms with van der Waals surface area (Å²) in [5.74, 6) is -1.65. The fourth-order valence-corrected chi connectivity index (χ4v) is 3.03. The lowest BCUT2D eigenvalue weighted by Gasteiger charge is -2.12. The number of carboxylic acid groups (broad SMARTS) is 1. The Bertz CT molecular complexity index is 411. The highest BCUT2D eigenvalue weighted by molar-refractivity contribution is 6.02. The Kier molecular flexibility index (Phi) is 1.89. The zero-order valence-corrected chi connectivity index (χ0v) is 8.80. The summed E-state index contributed by atoms with van der Waals surface area (Å²) in [6.45, 7) is 1.98. The van der Waals surface area contributed by atoms with Crippen molar-refractivity contribution in [2.45, 2.75) is 25.6 Å². The van der Waals surface area contributed by atoms with Crippen molar-refractivity contribution < 1.29 is 24.2 Å². The van der Waals surface area contributed by atoms with Crippen LogP contribution in [0.25, 0.3) is 0 Å². The molecule has 3 rings (SSSR count). The topological polar surface area (TPSA) is 76.1 Å². The molecule has 1 saturated heterocycles. The zero-order chi connectivity index (χ0) is 11.4. The van der Waals surface area contributed by atoms with Gasteiger partial charge in [-0.05, 0) is 13.3 Å². The summed E-state index contributed by atoms with van der Waals surface area (Å²) < 4.78 is 10.3. The second kappa shape index (κ2) is 3.07. The van der Waals surface area contributed by atoms with Crippen LogP contribution in [0.3, 0.4) is 0 Å². The number of ether oxygens (including phenoxy) is 2. The van der Waals surface area contributed by atoms with Crippen LogP contribution in [0.15, 0.2) is 11.1 Å². The lowest BCUT2D eigenvalue weighted by molar-refractivity contribution is -0.140. The molecular weight excluding hydrogens is 212 g/mol. The fourth-order valence-electron chi connectivity index (χ4n) is 3.03. The zero-order valence-electron chi connectivity index (χ0n) is 8.80. The number of esters is 1. The number of rotatable bonds is 3. The quantitative estimate of drug-likeness (QED) is 0.553. The van der Waals surface area contributed by atoms with Gasteiger partial charge >= 0.3 is 11.9 Å². The molecule has 2 aliphatic carbocycles. The molecule has 0 unspecified atom stereocenters. The molecule has 4 atom stereocenters. The maximum atomic E-state index is 11.7. The van der Waals surface area contributed by atoms with Crippen molar-refractivity contribution in [3.05, 3.63) is 11.1 Å². The molecule has 0 aromatic heterocycles. The van der Waals surface area contributed by atoms with Gasteiger partial charge in [0.05, 0.1) is 30.0 Å². The summed E-state index contributed by atoms with van der Waals surface area (Å²) in [4.78, 5) is 22.9. The number of epoxide rings is 1. The molecule has 16 heavy (non-hydrogen) atoms. The van der Waals surface area contributed by atoms with Gasteiger partial charge in [0, 0.05) is 11.8 Å². The number of aliphatic carboxylic acids is 1. The minimum atomic E-state index is -1.01. The smallest absolute Gasteiger partial charge is 0.334 e. The van der Waals surface area contributed by atoms with Gasteiger partial charge in [0.25, 0.3) is 0 Å². The monoisotopic (exact) mass is 224 g/mol. The number of carboxylic acids is 1. The average Bonchev–Trinajstić information content (AvgIpc) is 2.84. The van der Waals surface area contributed by atoms with Crippen molar-refractivity contribution in [2.75, 3.05) is 6.61 Å². The molecule has 1 aliphatic heterocycles.